The van der Waals surface area contributed by atoms with Gasteiger partial charge in [0.05, 0.1) is 11.9 Å². The van der Waals surface area contributed by atoms with Crippen LogP contribution in [0.5, 0.6) is 0 Å². The third-order valence-corrected chi connectivity index (χ3v) is 7.93. The number of sulfonamides is 1. The van der Waals surface area contributed by atoms with E-state index >= 15 is 0 Å². The molecule has 7 nitrogen and oxygen atoms in total. The smallest absolute Gasteiger partial charge is 0.243 e. The molecule has 2 amide bonds. The van der Waals surface area contributed by atoms with Gasteiger partial charge in [-0.05, 0) is 59.9 Å². The molecule has 41 heavy (non-hydrogen) atoms. The molecule has 1 N–H and O–H groups in total. The van der Waals surface area contributed by atoms with Crippen LogP contribution < -0.4 is 9.62 Å². The molecule has 0 aliphatic carbocycles. The number of hydrogen-bond donors (Lipinski definition) is 1. The van der Waals surface area contributed by atoms with E-state index < -0.39 is 21.9 Å². The van der Waals surface area contributed by atoms with Crippen molar-refractivity contribution in [3.8, 4) is 0 Å². The molecule has 0 bridgehead atoms. The van der Waals surface area contributed by atoms with E-state index in [0.29, 0.717) is 22.8 Å². The van der Waals surface area contributed by atoms with Gasteiger partial charge < -0.3 is 10.2 Å². The van der Waals surface area contributed by atoms with E-state index in [2.05, 4.69) is 5.32 Å². The van der Waals surface area contributed by atoms with E-state index in [0.717, 1.165) is 11.8 Å². The minimum absolute atomic E-state index is 0.00353. The normalized spacial score (nSPS) is 12.1. The first-order chi connectivity index (χ1) is 19.4. The minimum Gasteiger partial charge on any atom is -0.354 e. The van der Waals surface area contributed by atoms with Crippen LogP contribution in [0.3, 0.4) is 0 Å². The Morgan fingerprint density at radius 3 is 2.15 bits per heavy atom. The standard InChI is InChI=1S/C31H37ClFN3O4S/c1-23(2)21-34-31(38)29(20-24-8-5-4-6-9-24)35(22-25-11-15-27(33)16-12-25)30(37)10-7-19-36(41(3,39)40)28-17-13-26(32)14-18-28/h4-6,8-9,11-18,23,29H,7,10,19-22H2,1-3H3,(H,34,38). The summed E-state index contributed by atoms with van der Waals surface area (Å²) in [6.45, 7) is 4.59. The lowest BCUT2D eigenvalue weighted by Gasteiger charge is -2.32. The van der Waals surface area contributed by atoms with E-state index in [1.54, 1.807) is 36.4 Å². The maximum absolute atomic E-state index is 13.8. The first-order valence-electron chi connectivity index (χ1n) is 13.5. The minimum atomic E-state index is -3.62. The van der Waals surface area contributed by atoms with Crippen molar-refractivity contribution < 1.29 is 22.4 Å². The number of nitrogens with one attached hydrogen (secondary N) is 1. The van der Waals surface area contributed by atoms with Crippen LogP contribution in [0, 0.1) is 11.7 Å². The number of rotatable bonds is 14. The fourth-order valence-corrected chi connectivity index (χ4v) is 5.47. The van der Waals surface area contributed by atoms with E-state index in [1.165, 1.54) is 21.3 Å². The lowest BCUT2D eigenvalue weighted by Crippen LogP contribution is -2.51. The van der Waals surface area contributed by atoms with Crippen molar-refractivity contribution in [2.75, 3.05) is 23.7 Å². The molecule has 0 radical (unpaired) electrons. The quantitative estimate of drug-likeness (QED) is 0.267. The predicted molar refractivity (Wildman–Crippen MR) is 162 cm³/mol. The van der Waals surface area contributed by atoms with Crippen LogP contribution in [0.1, 0.15) is 37.8 Å². The number of carbonyl (C=O) groups is 2. The molecular weight excluding hydrogens is 565 g/mol. The van der Waals surface area contributed by atoms with Crippen molar-refractivity contribution in [2.24, 2.45) is 5.92 Å². The summed E-state index contributed by atoms with van der Waals surface area (Å²) in [5.74, 6) is -0.769. The van der Waals surface area contributed by atoms with Crippen molar-refractivity contribution >= 4 is 39.1 Å². The summed E-state index contributed by atoms with van der Waals surface area (Å²) in [4.78, 5) is 28.8. The van der Waals surface area contributed by atoms with Crippen LogP contribution in [0.4, 0.5) is 10.1 Å². The van der Waals surface area contributed by atoms with E-state index in [1.807, 2.05) is 44.2 Å². The van der Waals surface area contributed by atoms with Gasteiger partial charge in [0, 0.05) is 37.5 Å². The van der Waals surface area contributed by atoms with Gasteiger partial charge in [0.2, 0.25) is 21.8 Å². The molecule has 0 saturated carbocycles. The maximum atomic E-state index is 13.8. The summed E-state index contributed by atoms with van der Waals surface area (Å²) in [5.41, 5.74) is 2.01. The van der Waals surface area contributed by atoms with Crippen molar-refractivity contribution in [1.82, 2.24) is 10.2 Å². The molecule has 0 aliphatic rings. The molecule has 0 saturated heterocycles. The average Bonchev–Trinajstić information content (AvgIpc) is 2.93. The van der Waals surface area contributed by atoms with Crippen LogP contribution in [0.2, 0.25) is 5.02 Å². The first kappa shape index (κ1) is 32.1. The number of carbonyl (C=O) groups excluding carboxylic acids is 2. The Balaban J connectivity index is 1.87. The molecule has 0 spiro atoms. The van der Waals surface area contributed by atoms with Crippen LogP contribution in [-0.2, 0) is 32.6 Å². The van der Waals surface area contributed by atoms with Gasteiger partial charge >= 0.3 is 0 Å². The molecule has 0 aliphatic heterocycles. The number of hydrogen-bond acceptors (Lipinski definition) is 4. The highest BCUT2D eigenvalue weighted by Gasteiger charge is 2.30. The van der Waals surface area contributed by atoms with Gasteiger partial charge in [-0.2, -0.15) is 0 Å². The van der Waals surface area contributed by atoms with Crippen molar-refractivity contribution in [3.63, 3.8) is 0 Å². The molecule has 0 fully saturated rings. The second-order valence-electron chi connectivity index (χ2n) is 10.4. The summed E-state index contributed by atoms with van der Waals surface area (Å²) in [7, 11) is -3.62. The lowest BCUT2D eigenvalue weighted by molar-refractivity contribution is -0.141. The van der Waals surface area contributed by atoms with Gasteiger partial charge in [0.1, 0.15) is 11.9 Å². The number of nitrogens with zero attached hydrogens (tertiary/aromatic N) is 2. The Hall–Kier alpha value is -3.43. The van der Waals surface area contributed by atoms with Crippen LogP contribution in [0.25, 0.3) is 0 Å². The van der Waals surface area contributed by atoms with Gasteiger partial charge in [-0.3, -0.25) is 13.9 Å². The number of halogens is 2. The molecule has 0 heterocycles. The van der Waals surface area contributed by atoms with E-state index in [9.17, 15) is 22.4 Å². The van der Waals surface area contributed by atoms with Crippen LogP contribution in [-0.4, -0.2) is 50.5 Å². The second-order valence-corrected chi connectivity index (χ2v) is 12.8. The van der Waals surface area contributed by atoms with Crippen molar-refractivity contribution in [2.45, 2.75) is 45.7 Å². The predicted octanol–water partition coefficient (Wildman–Crippen LogP) is 5.44. The number of amides is 2. The SMILES string of the molecule is CC(C)CNC(=O)C(Cc1ccccc1)N(Cc1ccc(F)cc1)C(=O)CCCN(c1ccc(Cl)cc1)S(C)(=O)=O. The summed E-state index contributed by atoms with van der Waals surface area (Å²) in [6, 6.07) is 20.9. The zero-order chi connectivity index (χ0) is 30.0. The largest absolute Gasteiger partial charge is 0.354 e. The second kappa shape index (κ2) is 15.0. The van der Waals surface area contributed by atoms with E-state index in [4.69, 9.17) is 11.6 Å². The topological polar surface area (TPSA) is 86.8 Å². The molecule has 3 aromatic carbocycles. The summed E-state index contributed by atoms with van der Waals surface area (Å²) in [6.07, 6.45) is 1.63. The van der Waals surface area contributed by atoms with Gasteiger partial charge in [-0.1, -0.05) is 67.9 Å². The molecule has 3 aromatic rings. The van der Waals surface area contributed by atoms with Gasteiger partial charge in [0.15, 0.2) is 0 Å². The zero-order valence-corrected chi connectivity index (χ0v) is 25.2. The average molecular weight is 602 g/mol. The maximum Gasteiger partial charge on any atom is 0.243 e. The van der Waals surface area contributed by atoms with Gasteiger partial charge in [0.25, 0.3) is 0 Å². The number of benzene rings is 3. The van der Waals surface area contributed by atoms with Crippen LogP contribution in [0.15, 0.2) is 78.9 Å². The van der Waals surface area contributed by atoms with Gasteiger partial charge in [-0.25, -0.2) is 12.8 Å². The molecule has 220 valence electrons. The first-order valence-corrected chi connectivity index (χ1v) is 15.8. The van der Waals surface area contributed by atoms with Crippen LogP contribution >= 0.6 is 11.6 Å². The Labute approximate surface area is 247 Å². The Kier molecular flexibility index (Phi) is 11.7. The fraction of sp³-hybridized carbons (Fsp3) is 0.355. The molecule has 1 unspecified atom stereocenters. The monoisotopic (exact) mass is 601 g/mol. The zero-order valence-electron chi connectivity index (χ0n) is 23.6. The Morgan fingerprint density at radius 1 is 0.927 bits per heavy atom. The Bertz CT molecular complexity index is 1390. The third kappa shape index (κ3) is 10.2. The third-order valence-electron chi connectivity index (χ3n) is 6.49. The summed E-state index contributed by atoms with van der Waals surface area (Å²) < 4.78 is 39.9. The highest BCUT2D eigenvalue weighted by Crippen LogP contribution is 2.22. The molecule has 3 rings (SSSR count). The summed E-state index contributed by atoms with van der Waals surface area (Å²) in [5, 5.41) is 3.44. The molecule has 10 heteroatoms. The van der Waals surface area contributed by atoms with Gasteiger partial charge in [-0.15, -0.1) is 0 Å². The lowest BCUT2D eigenvalue weighted by atomic mass is 10.0. The highest BCUT2D eigenvalue weighted by atomic mass is 35.5. The van der Waals surface area contributed by atoms with Crippen molar-refractivity contribution in [3.05, 3.63) is 101 Å². The van der Waals surface area contributed by atoms with E-state index in [-0.39, 0.29) is 50.1 Å². The Morgan fingerprint density at radius 2 is 1.56 bits per heavy atom. The number of anilines is 1. The van der Waals surface area contributed by atoms with Crippen molar-refractivity contribution in [1.29, 1.82) is 0 Å². The molecular formula is C31H37ClFN3O4S. The molecule has 1 atom stereocenters. The highest BCUT2D eigenvalue weighted by molar-refractivity contribution is 7.92. The summed E-state index contributed by atoms with van der Waals surface area (Å²) >= 11 is 5.97. The fourth-order valence-electron chi connectivity index (χ4n) is 4.37. The molecule has 0 aromatic heterocycles.